The van der Waals surface area contributed by atoms with Crippen LogP contribution in [0.2, 0.25) is 0 Å². The maximum Gasteiger partial charge on any atom is 0.254 e. The van der Waals surface area contributed by atoms with E-state index in [-0.39, 0.29) is 11.9 Å². The van der Waals surface area contributed by atoms with Crippen molar-refractivity contribution >= 4 is 5.91 Å². The summed E-state index contributed by atoms with van der Waals surface area (Å²) >= 11 is 0. The van der Waals surface area contributed by atoms with Gasteiger partial charge >= 0.3 is 0 Å². The van der Waals surface area contributed by atoms with Crippen molar-refractivity contribution in [3.05, 3.63) is 58.9 Å². The summed E-state index contributed by atoms with van der Waals surface area (Å²) in [6.45, 7) is 2.51. The number of amides is 1. The fourth-order valence-electron chi connectivity index (χ4n) is 3.70. The first-order valence-electron chi connectivity index (χ1n) is 8.71. The highest BCUT2D eigenvalue weighted by Gasteiger charge is 2.33. The standard InChI is InChI=1S/C19H21FN4O/c1-23-9-7-16-14(12-23)11-21-18(22-16)17-6-3-8-24(17)19(25)13-4-2-5-15(20)10-13/h2,4-5,10-11,17H,3,6-9,12H2,1H3/t17-/m1/s1. The number of carbonyl (C=O) groups excluding carboxylic acids is 1. The average Bonchev–Trinajstić information content (AvgIpc) is 3.10. The Morgan fingerprint density at radius 3 is 3.04 bits per heavy atom. The zero-order valence-corrected chi connectivity index (χ0v) is 14.3. The Bertz CT molecular complexity index is 810. The largest absolute Gasteiger partial charge is 0.328 e. The van der Waals surface area contributed by atoms with Crippen molar-refractivity contribution in [2.24, 2.45) is 0 Å². The fourth-order valence-corrected chi connectivity index (χ4v) is 3.70. The van der Waals surface area contributed by atoms with Crippen LogP contribution in [0.15, 0.2) is 30.5 Å². The van der Waals surface area contributed by atoms with Crippen LogP contribution < -0.4 is 0 Å². The lowest BCUT2D eigenvalue weighted by atomic mass is 10.1. The van der Waals surface area contributed by atoms with Crippen molar-refractivity contribution in [1.29, 1.82) is 0 Å². The molecule has 3 heterocycles. The number of benzene rings is 1. The summed E-state index contributed by atoms with van der Waals surface area (Å²) in [5.41, 5.74) is 2.64. The molecule has 0 aliphatic carbocycles. The summed E-state index contributed by atoms with van der Waals surface area (Å²) in [5, 5.41) is 0. The van der Waals surface area contributed by atoms with E-state index in [2.05, 4.69) is 16.9 Å². The number of aromatic nitrogens is 2. The molecule has 1 aromatic carbocycles. The molecule has 2 aliphatic rings. The van der Waals surface area contributed by atoms with E-state index in [4.69, 9.17) is 4.98 Å². The van der Waals surface area contributed by atoms with Gasteiger partial charge in [-0.05, 0) is 38.1 Å². The van der Waals surface area contributed by atoms with Crippen LogP contribution in [0.3, 0.4) is 0 Å². The number of nitrogens with zero attached hydrogens (tertiary/aromatic N) is 4. The van der Waals surface area contributed by atoms with Crippen LogP contribution in [0.4, 0.5) is 4.39 Å². The minimum Gasteiger partial charge on any atom is -0.328 e. The van der Waals surface area contributed by atoms with Crippen LogP contribution in [-0.2, 0) is 13.0 Å². The first kappa shape index (κ1) is 16.1. The molecule has 5 nitrogen and oxygen atoms in total. The van der Waals surface area contributed by atoms with Crippen LogP contribution in [-0.4, -0.2) is 45.8 Å². The summed E-state index contributed by atoms with van der Waals surface area (Å²) in [6, 6.07) is 5.74. The molecule has 6 heteroatoms. The molecule has 0 saturated carbocycles. The lowest BCUT2D eigenvalue weighted by Gasteiger charge is -2.27. The lowest BCUT2D eigenvalue weighted by molar-refractivity contribution is 0.0729. The molecule has 0 radical (unpaired) electrons. The predicted molar refractivity (Wildman–Crippen MR) is 91.5 cm³/mol. The van der Waals surface area contributed by atoms with Gasteiger partial charge in [0.1, 0.15) is 5.82 Å². The van der Waals surface area contributed by atoms with Crippen molar-refractivity contribution in [2.75, 3.05) is 20.1 Å². The quantitative estimate of drug-likeness (QED) is 0.843. The van der Waals surface area contributed by atoms with Gasteiger partial charge in [-0.15, -0.1) is 0 Å². The van der Waals surface area contributed by atoms with Gasteiger partial charge < -0.3 is 9.80 Å². The Morgan fingerprint density at radius 2 is 2.20 bits per heavy atom. The molecule has 0 spiro atoms. The zero-order chi connectivity index (χ0) is 17.4. The minimum atomic E-state index is -0.393. The number of hydrogen-bond donors (Lipinski definition) is 0. The number of halogens is 1. The Kier molecular flexibility index (Phi) is 4.21. The van der Waals surface area contributed by atoms with Gasteiger partial charge in [0.25, 0.3) is 5.91 Å². The van der Waals surface area contributed by atoms with E-state index in [0.29, 0.717) is 17.9 Å². The number of rotatable bonds is 2. The van der Waals surface area contributed by atoms with Gasteiger partial charge in [0, 0.05) is 49.1 Å². The van der Waals surface area contributed by atoms with E-state index >= 15 is 0 Å². The van der Waals surface area contributed by atoms with Crippen LogP contribution >= 0.6 is 0 Å². The van der Waals surface area contributed by atoms with Gasteiger partial charge in [0.15, 0.2) is 5.82 Å². The first-order valence-corrected chi connectivity index (χ1v) is 8.71. The van der Waals surface area contributed by atoms with Gasteiger partial charge in [-0.3, -0.25) is 4.79 Å². The van der Waals surface area contributed by atoms with Crippen molar-refractivity contribution in [3.8, 4) is 0 Å². The highest BCUT2D eigenvalue weighted by molar-refractivity contribution is 5.94. The van der Waals surface area contributed by atoms with Crippen molar-refractivity contribution in [3.63, 3.8) is 0 Å². The first-order chi connectivity index (χ1) is 12.1. The summed E-state index contributed by atoms with van der Waals surface area (Å²) in [5.74, 6) is 0.171. The third-order valence-corrected chi connectivity index (χ3v) is 5.03. The van der Waals surface area contributed by atoms with E-state index in [9.17, 15) is 9.18 Å². The van der Waals surface area contributed by atoms with Crippen molar-refractivity contribution in [2.45, 2.75) is 31.8 Å². The topological polar surface area (TPSA) is 49.3 Å². The van der Waals surface area contributed by atoms with Crippen LogP contribution in [0.25, 0.3) is 0 Å². The van der Waals surface area contributed by atoms with Crippen molar-refractivity contribution in [1.82, 2.24) is 19.8 Å². The maximum atomic E-state index is 13.5. The molecule has 2 aromatic rings. The van der Waals surface area contributed by atoms with Gasteiger partial charge in [-0.1, -0.05) is 6.07 Å². The summed E-state index contributed by atoms with van der Waals surface area (Å²) < 4.78 is 13.5. The number of likely N-dealkylation sites (tertiary alicyclic amines) is 1. The normalized spacial score (nSPS) is 20.6. The van der Waals surface area contributed by atoms with E-state index in [0.717, 1.165) is 38.0 Å². The molecule has 1 aromatic heterocycles. The summed E-state index contributed by atoms with van der Waals surface area (Å²) in [4.78, 5) is 26.2. The SMILES string of the molecule is CN1CCc2nc([C@H]3CCCN3C(=O)c3cccc(F)c3)ncc2C1. The Morgan fingerprint density at radius 1 is 1.32 bits per heavy atom. The zero-order valence-electron chi connectivity index (χ0n) is 14.3. The second kappa shape index (κ2) is 6.52. The Labute approximate surface area is 146 Å². The van der Waals surface area contributed by atoms with E-state index in [1.807, 2.05) is 6.20 Å². The minimum absolute atomic E-state index is 0.124. The number of carbonyl (C=O) groups is 1. The summed E-state index contributed by atoms with van der Waals surface area (Å²) in [7, 11) is 2.09. The van der Waals surface area contributed by atoms with E-state index < -0.39 is 5.82 Å². The molecule has 0 unspecified atom stereocenters. The van der Waals surface area contributed by atoms with Crippen molar-refractivity contribution < 1.29 is 9.18 Å². The van der Waals surface area contributed by atoms with E-state index in [1.54, 1.807) is 17.0 Å². The van der Waals surface area contributed by atoms with Crippen LogP contribution in [0.5, 0.6) is 0 Å². The maximum absolute atomic E-state index is 13.5. The average molecular weight is 340 g/mol. The second-order valence-electron chi connectivity index (χ2n) is 6.85. The monoisotopic (exact) mass is 340 g/mol. The molecule has 2 aliphatic heterocycles. The fraction of sp³-hybridized carbons (Fsp3) is 0.421. The molecule has 130 valence electrons. The van der Waals surface area contributed by atoms with E-state index in [1.165, 1.54) is 17.7 Å². The molecule has 1 saturated heterocycles. The van der Waals surface area contributed by atoms with Gasteiger partial charge in [0.05, 0.1) is 6.04 Å². The third-order valence-electron chi connectivity index (χ3n) is 5.03. The second-order valence-corrected chi connectivity index (χ2v) is 6.85. The smallest absolute Gasteiger partial charge is 0.254 e. The summed E-state index contributed by atoms with van der Waals surface area (Å²) in [6.07, 6.45) is 4.57. The molecule has 1 fully saturated rings. The molecule has 0 N–H and O–H groups in total. The molecule has 1 amide bonds. The Hall–Kier alpha value is -2.34. The van der Waals surface area contributed by atoms with Gasteiger partial charge in [0.2, 0.25) is 0 Å². The Balaban J connectivity index is 1.60. The molecule has 4 rings (SSSR count). The molecule has 25 heavy (non-hydrogen) atoms. The third kappa shape index (κ3) is 3.14. The molecule has 0 bridgehead atoms. The predicted octanol–water partition coefficient (Wildman–Crippen LogP) is 2.58. The van der Waals surface area contributed by atoms with Gasteiger partial charge in [-0.25, -0.2) is 14.4 Å². The molecule has 1 atom stereocenters. The van der Waals surface area contributed by atoms with Crippen LogP contribution in [0, 0.1) is 5.82 Å². The highest BCUT2D eigenvalue weighted by atomic mass is 19.1. The molecular weight excluding hydrogens is 319 g/mol. The number of likely N-dealkylation sites (N-methyl/N-ethyl adjacent to an activating group) is 1. The lowest BCUT2D eigenvalue weighted by Crippen LogP contribution is -2.33. The number of fused-ring (bicyclic) bond motifs is 1. The molecular formula is C19H21FN4O. The van der Waals surface area contributed by atoms with Gasteiger partial charge in [-0.2, -0.15) is 0 Å². The highest BCUT2D eigenvalue weighted by Crippen LogP contribution is 2.32. The van der Waals surface area contributed by atoms with Crippen LogP contribution in [0.1, 0.15) is 46.3 Å². The number of hydrogen-bond acceptors (Lipinski definition) is 4.